The summed E-state index contributed by atoms with van der Waals surface area (Å²) in [6.07, 6.45) is 4.06. The molecule has 0 bridgehead atoms. The molecule has 2 heterocycles. The fourth-order valence-electron chi connectivity index (χ4n) is 2.52. The van der Waals surface area contributed by atoms with E-state index >= 15 is 0 Å². The van der Waals surface area contributed by atoms with Crippen LogP contribution in [-0.2, 0) is 10.5 Å². The van der Waals surface area contributed by atoms with Gasteiger partial charge < -0.3 is 10.1 Å². The number of hydrogen-bond acceptors (Lipinski definition) is 7. The van der Waals surface area contributed by atoms with Gasteiger partial charge in [0.1, 0.15) is 0 Å². The van der Waals surface area contributed by atoms with Gasteiger partial charge in [0, 0.05) is 43.4 Å². The summed E-state index contributed by atoms with van der Waals surface area (Å²) in [5, 5.41) is 12.4. The fraction of sp³-hybridized carbons (Fsp3) is 0.316. The standard InChI is InChI=1S/C19H21ClN6O2S/c1-13-5-6-14(11-15(13)20)26-16(12-29-19-22-7-3-8-23-19)17(24-25-26)18(27)21-9-4-10-28-2/h3,5-8,11H,4,9-10,12H2,1-2H3,(H,21,27). The van der Waals surface area contributed by atoms with Gasteiger partial charge in [-0.15, -0.1) is 5.10 Å². The molecule has 0 radical (unpaired) electrons. The molecule has 0 atom stereocenters. The number of thioether (sulfide) groups is 1. The minimum absolute atomic E-state index is 0.266. The van der Waals surface area contributed by atoms with Crippen LogP contribution in [0.4, 0.5) is 0 Å². The van der Waals surface area contributed by atoms with Crippen LogP contribution in [0.2, 0.25) is 5.02 Å². The summed E-state index contributed by atoms with van der Waals surface area (Å²) in [6.45, 7) is 2.99. The minimum Gasteiger partial charge on any atom is -0.385 e. The van der Waals surface area contributed by atoms with Crippen LogP contribution in [0.1, 0.15) is 28.2 Å². The Hall–Kier alpha value is -2.49. The van der Waals surface area contributed by atoms with E-state index in [1.54, 1.807) is 36.3 Å². The average molecular weight is 433 g/mol. The molecular weight excluding hydrogens is 412 g/mol. The molecule has 1 N–H and O–H groups in total. The average Bonchev–Trinajstić information content (AvgIpc) is 3.16. The molecule has 1 amide bonds. The van der Waals surface area contributed by atoms with Crippen LogP contribution in [-0.4, -0.2) is 51.1 Å². The first-order valence-corrected chi connectivity index (χ1v) is 10.3. The van der Waals surface area contributed by atoms with Gasteiger partial charge in [-0.2, -0.15) is 0 Å². The zero-order chi connectivity index (χ0) is 20.6. The Morgan fingerprint density at radius 2 is 2.10 bits per heavy atom. The largest absolute Gasteiger partial charge is 0.385 e. The number of amides is 1. The second kappa shape index (κ2) is 10.3. The first-order valence-electron chi connectivity index (χ1n) is 8.98. The Morgan fingerprint density at radius 3 is 2.83 bits per heavy atom. The number of rotatable bonds is 9. The van der Waals surface area contributed by atoms with Crippen LogP contribution in [0.25, 0.3) is 5.69 Å². The predicted octanol–water partition coefficient (Wildman–Crippen LogP) is 3.08. The number of methoxy groups -OCH3 is 1. The van der Waals surface area contributed by atoms with Gasteiger partial charge in [-0.1, -0.05) is 34.6 Å². The smallest absolute Gasteiger partial charge is 0.273 e. The molecule has 3 rings (SSSR count). The molecule has 0 saturated carbocycles. The van der Waals surface area contributed by atoms with Crippen molar-refractivity contribution in [3.05, 3.63) is 58.6 Å². The molecule has 0 unspecified atom stereocenters. The number of halogens is 1. The third kappa shape index (κ3) is 5.53. The fourth-order valence-corrected chi connectivity index (χ4v) is 3.49. The van der Waals surface area contributed by atoms with Gasteiger partial charge in [0.2, 0.25) is 0 Å². The Morgan fingerprint density at radius 1 is 1.31 bits per heavy atom. The molecule has 1 aromatic carbocycles. The van der Waals surface area contributed by atoms with Gasteiger partial charge in [0.25, 0.3) is 5.91 Å². The molecule has 0 aliphatic heterocycles. The lowest BCUT2D eigenvalue weighted by molar-refractivity contribution is 0.0943. The van der Waals surface area contributed by atoms with Crippen LogP contribution >= 0.6 is 23.4 Å². The number of benzene rings is 1. The molecule has 3 aromatic rings. The van der Waals surface area contributed by atoms with Crippen LogP contribution < -0.4 is 5.32 Å². The predicted molar refractivity (Wildman–Crippen MR) is 112 cm³/mol. The zero-order valence-electron chi connectivity index (χ0n) is 16.1. The van der Waals surface area contributed by atoms with Crippen LogP contribution in [0.15, 0.2) is 41.8 Å². The molecule has 0 saturated heterocycles. The van der Waals surface area contributed by atoms with E-state index in [2.05, 4.69) is 25.6 Å². The third-order valence-electron chi connectivity index (χ3n) is 4.07. The van der Waals surface area contributed by atoms with E-state index in [1.165, 1.54) is 11.8 Å². The maximum absolute atomic E-state index is 12.7. The summed E-state index contributed by atoms with van der Waals surface area (Å²) >= 11 is 7.68. The number of ether oxygens (including phenoxy) is 1. The van der Waals surface area contributed by atoms with E-state index in [4.69, 9.17) is 16.3 Å². The lowest BCUT2D eigenvalue weighted by atomic mass is 10.2. The zero-order valence-corrected chi connectivity index (χ0v) is 17.7. The van der Waals surface area contributed by atoms with E-state index in [9.17, 15) is 4.79 Å². The van der Waals surface area contributed by atoms with E-state index < -0.39 is 0 Å². The van der Waals surface area contributed by atoms with Crippen molar-refractivity contribution in [2.75, 3.05) is 20.3 Å². The Labute approximate surface area is 178 Å². The number of carbonyl (C=O) groups is 1. The molecule has 0 aliphatic rings. The topological polar surface area (TPSA) is 94.8 Å². The van der Waals surface area contributed by atoms with Crippen molar-refractivity contribution in [2.45, 2.75) is 24.3 Å². The van der Waals surface area contributed by atoms with Crippen molar-refractivity contribution in [1.82, 2.24) is 30.3 Å². The van der Waals surface area contributed by atoms with Crippen molar-refractivity contribution >= 4 is 29.3 Å². The monoisotopic (exact) mass is 432 g/mol. The maximum Gasteiger partial charge on any atom is 0.273 e. The molecule has 10 heteroatoms. The highest BCUT2D eigenvalue weighted by atomic mass is 35.5. The second-order valence-corrected chi connectivity index (χ2v) is 7.50. The highest BCUT2D eigenvalue weighted by Gasteiger charge is 2.21. The quantitative estimate of drug-likeness (QED) is 0.315. The number of nitrogens with one attached hydrogen (secondary N) is 1. The van der Waals surface area contributed by atoms with Gasteiger partial charge >= 0.3 is 0 Å². The lowest BCUT2D eigenvalue weighted by Crippen LogP contribution is -2.26. The molecular formula is C19H21ClN6O2S. The molecule has 0 spiro atoms. The van der Waals surface area contributed by atoms with Crippen LogP contribution in [0, 0.1) is 6.92 Å². The van der Waals surface area contributed by atoms with Crippen molar-refractivity contribution in [3.63, 3.8) is 0 Å². The highest BCUT2D eigenvalue weighted by molar-refractivity contribution is 7.98. The Bertz CT molecular complexity index is 967. The van der Waals surface area contributed by atoms with E-state index in [-0.39, 0.29) is 11.6 Å². The summed E-state index contributed by atoms with van der Waals surface area (Å²) in [4.78, 5) is 21.1. The number of hydrogen-bond donors (Lipinski definition) is 1. The van der Waals surface area contributed by atoms with Gasteiger partial charge in [-0.25, -0.2) is 14.6 Å². The molecule has 0 aliphatic carbocycles. The SMILES string of the molecule is COCCCNC(=O)c1nnn(-c2ccc(C)c(Cl)c2)c1CSc1ncccn1. The van der Waals surface area contributed by atoms with E-state index in [1.807, 2.05) is 19.1 Å². The Balaban J connectivity index is 1.87. The summed E-state index contributed by atoms with van der Waals surface area (Å²) < 4.78 is 6.64. The summed E-state index contributed by atoms with van der Waals surface area (Å²) in [5.74, 6) is 0.138. The number of carbonyl (C=O) groups excluding carboxylic acids is 1. The van der Waals surface area contributed by atoms with Crippen LogP contribution in [0.5, 0.6) is 0 Å². The molecule has 8 nitrogen and oxygen atoms in total. The van der Waals surface area contributed by atoms with Crippen molar-refractivity contribution in [1.29, 1.82) is 0 Å². The summed E-state index contributed by atoms with van der Waals surface area (Å²) in [7, 11) is 1.63. The minimum atomic E-state index is -0.282. The van der Waals surface area contributed by atoms with Gasteiger partial charge in [-0.3, -0.25) is 4.79 Å². The summed E-state index contributed by atoms with van der Waals surface area (Å²) in [5.41, 5.74) is 2.60. The normalized spacial score (nSPS) is 10.9. The first kappa shape index (κ1) is 21.2. The molecule has 2 aromatic heterocycles. The number of aryl methyl sites for hydroxylation is 1. The number of nitrogens with zero attached hydrogens (tertiary/aromatic N) is 5. The van der Waals surface area contributed by atoms with Gasteiger partial charge in [0.15, 0.2) is 10.9 Å². The first-order chi connectivity index (χ1) is 14.1. The van der Waals surface area contributed by atoms with Crippen molar-refractivity contribution < 1.29 is 9.53 Å². The lowest BCUT2D eigenvalue weighted by Gasteiger charge is -2.09. The highest BCUT2D eigenvalue weighted by Crippen LogP contribution is 2.25. The Kier molecular flexibility index (Phi) is 7.56. The van der Waals surface area contributed by atoms with Crippen LogP contribution in [0.3, 0.4) is 0 Å². The second-order valence-electron chi connectivity index (χ2n) is 6.15. The maximum atomic E-state index is 12.7. The molecule has 29 heavy (non-hydrogen) atoms. The van der Waals surface area contributed by atoms with Gasteiger partial charge in [-0.05, 0) is 37.1 Å². The molecule has 0 fully saturated rings. The van der Waals surface area contributed by atoms with Gasteiger partial charge in [0.05, 0.1) is 11.4 Å². The van der Waals surface area contributed by atoms with Crippen molar-refractivity contribution in [2.24, 2.45) is 0 Å². The molecule has 152 valence electrons. The van der Waals surface area contributed by atoms with Crippen molar-refractivity contribution in [3.8, 4) is 5.69 Å². The number of aromatic nitrogens is 5. The van der Waals surface area contributed by atoms with E-state index in [0.717, 1.165) is 11.3 Å². The van der Waals surface area contributed by atoms with E-state index in [0.29, 0.717) is 41.2 Å². The summed E-state index contributed by atoms with van der Waals surface area (Å²) in [6, 6.07) is 7.35. The third-order valence-corrected chi connectivity index (χ3v) is 5.36.